The third-order valence-corrected chi connectivity index (χ3v) is 6.02. The Morgan fingerprint density at radius 3 is 2.21 bits per heavy atom. The first-order valence-corrected chi connectivity index (χ1v) is 11.1. The zero-order valence-corrected chi connectivity index (χ0v) is 19.3. The first kappa shape index (κ1) is 22.4. The number of hydrogen-bond donors (Lipinski definition) is 1. The molecule has 1 N–H and O–H groups in total. The maximum Gasteiger partial charge on any atom is 0.294 e. The minimum atomic E-state index is -0.776. The monoisotopic (exact) mass is 444 g/mol. The second-order valence-corrected chi connectivity index (χ2v) is 8.26. The normalized spacial score (nSPS) is 15.9. The van der Waals surface area contributed by atoms with Crippen molar-refractivity contribution in [1.82, 2.24) is 0 Å². The van der Waals surface area contributed by atoms with E-state index in [0.29, 0.717) is 5.69 Å². The Morgan fingerprint density at radius 2 is 1.67 bits per heavy atom. The van der Waals surface area contributed by atoms with Crippen LogP contribution in [0.15, 0.2) is 76.6 Å². The number of rotatable bonds is 7. The molecule has 1 aliphatic heterocycles. The van der Waals surface area contributed by atoms with Gasteiger partial charge in [0, 0.05) is 24.5 Å². The molecule has 0 bridgehead atoms. The summed E-state index contributed by atoms with van der Waals surface area (Å²) < 4.78 is 5.30. The molecule has 2 aromatic carbocycles. The summed E-state index contributed by atoms with van der Waals surface area (Å²) in [7, 11) is 0. The maximum atomic E-state index is 13.3. The summed E-state index contributed by atoms with van der Waals surface area (Å²) in [6.07, 6.45) is 1.40. The predicted octanol–water partition coefficient (Wildman–Crippen LogP) is 5.53. The molecule has 0 saturated carbocycles. The lowest BCUT2D eigenvalue weighted by atomic mass is 9.94. The molecule has 4 rings (SSSR count). The molecule has 1 unspecified atom stereocenters. The molecule has 170 valence electrons. The zero-order valence-electron chi connectivity index (χ0n) is 19.3. The standard InChI is InChI=1S/C27H28N2O4/c1-5-28(6-2)20-11-9-19(10-12-20)24-23(25(30)22-8-7-13-33-22)26(31)27(32)29(24)21-15-17(3)14-18(4)16-21/h7-16,24,31H,5-6H2,1-4H3. The van der Waals surface area contributed by atoms with E-state index in [9.17, 15) is 14.7 Å². The molecule has 6 nitrogen and oxygen atoms in total. The van der Waals surface area contributed by atoms with Crippen molar-refractivity contribution in [1.29, 1.82) is 0 Å². The van der Waals surface area contributed by atoms with E-state index in [1.165, 1.54) is 17.2 Å². The largest absolute Gasteiger partial charge is 0.503 e. The van der Waals surface area contributed by atoms with Crippen LogP contribution in [0.3, 0.4) is 0 Å². The molecule has 2 heterocycles. The van der Waals surface area contributed by atoms with E-state index < -0.39 is 23.5 Å². The van der Waals surface area contributed by atoms with Crippen LogP contribution >= 0.6 is 0 Å². The number of ketones is 1. The number of carbonyl (C=O) groups excluding carboxylic acids is 2. The Labute approximate surface area is 193 Å². The van der Waals surface area contributed by atoms with Gasteiger partial charge < -0.3 is 14.4 Å². The number of benzene rings is 2. The Kier molecular flexibility index (Phi) is 6.09. The summed E-state index contributed by atoms with van der Waals surface area (Å²) >= 11 is 0. The molecule has 6 heteroatoms. The molecule has 0 saturated heterocycles. The summed E-state index contributed by atoms with van der Waals surface area (Å²) in [6, 6.07) is 15.9. The molecular weight excluding hydrogens is 416 g/mol. The second kappa shape index (κ2) is 8.98. The Morgan fingerprint density at radius 1 is 1.03 bits per heavy atom. The van der Waals surface area contributed by atoms with Gasteiger partial charge in [-0.15, -0.1) is 0 Å². The fourth-order valence-electron chi connectivity index (χ4n) is 4.51. The molecule has 1 aliphatic rings. The van der Waals surface area contributed by atoms with Crippen molar-refractivity contribution in [3.63, 3.8) is 0 Å². The smallest absolute Gasteiger partial charge is 0.294 e. The molecule has 33 heavy (non-hydrogen) atoms. The van der Waals surface area contributed by atoms with E-state index in [2.05, 4.69) is 18.7 Å². The van der Waals surface area contributed by atoms with Gasteiger partial charge >= 0.3 is 0 Å². The first-order chi connectivity index (χ1) is 15.8. The zero-order chi connectivity index (χ0) is 23.7. The van der Waals surface area contributed by atoms with Crippen molar-refractivity contribution in [2.24, 2.45) is 0 Å². The van der Waals surface area contributed by atoms with Crippen LogP contribution in [0, 0.1) is 13.8 Å². The van der Waals surface area contributed by atoms with E-state index in [-0.39, 0.29) is 11.3 Å². The summed E-state index contributed by atoms with van der Waals surface area (Å²) in [6.45, 7) is 9.83. The molecule has 1 amide bonds. The van der Waals surface area contributed by atoms with Crippen molar-refractivity contribution in [3.8, 4) is 0 Å². The highest BCUT2D eigenvalue weighted by Gasteiger charge is 2.45. The summed E-state index contributed by atoms with van der Waals surface area (Å²) in [5.74, 6) is -1.58. The topological polar surface area (TPSA) is 74.0 Å². The molecule has 0 aliphatic carbocycles. The van der Waals surface area contributed by atoms with Crippen LogP contribution in [0.1, 0.15) is 47.1 Å². The van der Waals surface area contributed by atoms with E-state index in [4.69, 9.17) is 4.42 Å². The van der Waals surface area contributed by atoms with Gasteiger partial charge in [0.2, 0.25) is 5.78 Å². The van der Waals surface area contributed by atoms with Crippen LogP contribution in [0.5, 0.6) is 0 Å². The third kappa shape index (κ3) is 4.04. The molecule has 0 spiro atoms. The van der Waals surface area contributed by atoms with E-state index in [1.807, 2.05) is 56.3 Å². The predicted molar refractivity (Wildman–Crippen MR) is 129 cm³/mol. The quantitative estimate of drug-likeness (QED) is 0.485. The number of carbonyl (C=O) groups is 2. The van der Waals surface area contributed by atoms with Gasteiger partial charge in [0.15, 0.2) is 11.5 Å². The van der Waals surface area contributed by atoms with Crippen LogP contribution < -0.4 is 9.80 Å². The first-order valence-electron chi connectivity index (χ1n) is 11.1. The minimum absolute atomic E-state index is 0.0182. The Balaban J connectivity index is 1.85. The molecular formula is C27H28N2O4. The highest BCUT2D eigenvalue weighted by molar-refractivity contribution is 6.20. The summed E-state index contributed by atoms with van der Waals surface area (Å²) in [4.78, 5) is 30.3. The van der Waals surface area contributed by atoms with Gasteiger partial charge in [-0.3, -0.25) is 14.5 Å². The number of aliphatic hydroxyl groups is 1. The minimum Gasteiger partial charge on any atom is -0.503 e. The third-order valence-electron chi connectivity index (χ3n) is 6.02. The van der Waals surface area contributed by atoms with Crippen LogP contribution in [-0.4, -0.2) is 29.9 Å². The second-order valence-electron chi connectivity index (χ2n) is 8.26. The molecule has 1 atom stereocenters. The molecule has 3 aromatic rings. The lowest BCUT2D eigenvalue weighted by molar-refractivity contribution is -0.117. The Hall–Kier alpha value is -3.80. The van der Waals surface area contributed by atoms with Crippen LogP contribution in [0.4, 0.5) is 11.4 Å². The number of hydrogen-bond acceptors (Lipinski definition) is 5. The average molecular weight is 445 g/mol. The van der Waals surface area contributed by atoms with Crippen LogP contribution in [0.25, 0.3) is 0 Å². The van der Waals surface area contributed by atoms with E-state index in [1.54, 1.807) is 6.07 Å². The van der Waals surface area contributed by atoms with Crippen molar-refractivity contribution < 1.29 is 19.1 Å². The summed E-state index contributed by atoms with van der Waals surface area (Å²) in [5.41, 5.74) is 4.40. The molecule has 0 radical (unpaired) electrons. The van der Waals surface area contributed by atoms with Crippen molar-refractivity contribution in [3.05, 3.63) is 94.6 Å². The number of aryl methyl sites for hydroxylation is 2. The number of aliphatic hydroxyl groups excluding tert-OH is 1. The lowest BCUT2D eigenvalue weighted by Crippen LogP contribution is -2.31. The SMILES string of the molecule is CCN(CC)c1ccc(C2C(C(=O)c3ccco3)=C(O)C(=O)N2c2cc(C)cc(C)c2)cc1. The summed E-state index contributed by atoms with van der Waals surface area (Å²) in [5, 5.41) is 10.9. The number of Topliss-reactive ketones (excluding diaryl/α,β-unsaturated/α-hetero) is 1. The van der Waals surface area contributed by atoms with E-state index >= 15 is 0 Å². The van der Waals surface area contributed by atoms with Gasteiger partial charge in [-0.25, -0.2) is 0 Å². The van der Waals surface area contributed by atoms with Gasteiger partial charge in [0.25, 0.3) is 5.91 Å². The molecule has 1 aromatic heterocycles. The maximum absolute atomic E-state index is 13.3. The van der Waals surface area contributed by atoms with Gasteiger partial charge in [0.05, 0.1) is 17.9 Å². The fraction of sp³-hybridized carbons (Fsp3) is 0.259. The van der Waals surface area contributed by atoms with Gasteiger partial charge in [0.1, 0.15) is 0 Å². The lowest BCUT2D eigenvalue weighted by Gasteiger charge is -2.28. The molecule has 0 fully saturated rings. The Bertz CT molecular complexity index is 1190. The van der Waals surface area contributed by atoms with Crippen molar-refractivity contribution in [2.45, 2.75) is 33.7 Å². The van der Waals surface area contributed by atoms with Gasteiger partial charge in [-0.1, -0.05) is 18.2 Å². The number of furan rings is 1. The van der Waals surface area contributed by atoms with E-state index in [0.717, 1.165) is 35.5 Å². The average Bonchev–Trinajstić information content (AvgIpc) is 3.42. The van der Waals surface area contributed by atoms with Crippen molar-refractivity contribution >= 4 is 23.1 Å². The number of anilines is 2. The number of amides is 1. The highest BCUT2D eigenvalue weighted by atomic mass is 16.3. The van der Waals surface area contributed by atoms with Crippen LogP contribution in [0.2, 0.25) is 0 Å². The highest BCUT2D eigenvalue weighted by Crippen LogP contribution is 2.42. The van der Waals surface area contributed by atoms with Crippen molar-refractivity contribution in [2.75, 3.05) is 22.9 Å². The number of nitrogens with zero attached hydrogens (tertiary/aromatic N) is 2. The van der Waals surface area contributed by atoms with Gasteiger partial charge in [-0.2, -0.15) is 0 Å². The van der Waals surface area contributed by atoms with Crippen LogP contribution in [-0.2, 0) is 4.79 Å². The fourth-order valence-corrected chi connectivity index (χ4v) is 4.51. The van der Waals surface area contributed by atoms with Gasteiger partial charge in [-0.05, 0) is 80.8 Å².